The zero-order valence-corrected chi connectivity index (χ0v) is 12.2. The van der Waals surface area contributed by atoms with Crippen LogP contribution in [0.3, 0.4) is 0 Å². The number of halogens is 3. The summed E-state index contributed by atoms with van der Waals surface area (Å²) < 4.78 is 37.6. The molecule has 0 unspecified atom stereocenters. The molecule has 0 saturated carbocycles. The van der Waals surface area contributed by atoms with Gasteiger partial charge in [0.15, 0.2) is 0 Å². The average molecular weight is 309 g/mol. The fourth-order valence-electron chi connectivity index (χ4n) is 1.69. The Morgan fingerprint density at radius 2 is 2.15 bits per heavy atom. The van der Waals surface area contributed by atoms with Crippen LogP contribution < -0.4 is 5.73 Å². The smallest absolute Gasteiger partial charge is 0.330 e. The van der Waals surface area contributed by atoms with Crippen LogP contribution in [0.15, 0.2) is 5.38 Å². The molecule has 1 aromatic rings. The minimum Gasteiger partial charge on any atom is -0.330 e. The van der Waals surface area contributed by atoms with E-state index in [-0.39, 0.29) is 18.2 Å². The van der Waals surface area contributed by atoms with Gasteiger partial charge in [-0.2, -0.15) is 13.2 Å². The normalized spacial score (nSPS) is 11.9. The van der Waals surface area contributed by atoms with Crippen LogP contribution in [-0.4, -0.2) is 41.6 Å². The number of hydrogen-bond donors (Lipinski definition) is 1. The number of thiazole rings is 1. The first-order chi connectivity index (χ1) is 9.23. The van der Waals surface area contributed by atoms with Crippen molar-refractivity contribution in [1.82, 2.24) is 9.88 Å². The topological polar surface area (TPSA) is 59.2 Å². The first kappa shape index (κ1) is 16.9. The summed E-state index contributed by atoms with van der Waals surface area (Å²) in [4.78, 5) is 17.0. The molecule has 1 heterocycles. The molecule has 0 aliphatic rings. The summed E-state index contributed by atoms with van der Waals surface area (Å²) >= 11 is 1.24. The number of rotatable bonds is 6. The van der Waals surface area contributed by atoms with Crippen molar-refractivity contribution in [2.24, 2.45) is 11.7 Å². The molecule has 0 fully saturated rings. The van der Waals surface area contributed by atoms with E-state index >= 15 is 0 Å². The summed E-state index contributed by atoms with van der Waals surface area (Å²) in [6, 6.07) is 0. The maximum Gasteiger partial charge on any atom is 0.406 e. The fourth-order valence-corrected chi connectivity index (χ4v) is 2.47. The molecule has 0 bridgehead atoms. The highest BCUT2D eigenvalue weighted by molar-refractivity contribution is 7.09. The monoisotopic (exact) mass is 309 g/mol. The third kappa shape index (κ3) is 5.46. The molecule has 0 atom stereocenters. The van der Waals surface area contributed by atoms with Gasteiger partial charge in [-0.15, -0.1) is 11.3 Å². The number of alkyl halides is 3. The Morgan fingerprint density at radius 3 is 2.65 bits per heavy atom. The van der Waals surface area contributed by atoms with Gasteiger partial charge >= 0.3 is 6.18 Å². The van der Waals surface area contributed by atoms with Crippen LogP contribution in [0, 0.1) is 5.92 Å². The number of nitrogens with two attached hydrogens (primary N) is 1. The number of nitrogens with zero attached hydrogens (tertiary/aromatic N) is 2. The van der Waals surface area contributed by atoms with Gasteiger partial charge in [-0.1, -0.05) is 13.8 Å². The van der Waals surface area contributed by atoms with Crippen LogP contribution in [0.2, 0.25) is 0 Å². The molecule has 20 heavy (non-hydrogen) atoms. The number of carbonyl (C=O) groups is 1. The van der Waals surface area contributed by atoms with Gasteiger partial charge in [-0.05, 0) is 12.5 Å². The molecule has 0 aliphatic carbocycles. The molecule has 0 aliphatic heterocycles. The first-order valence-electron chi connectivity index (χ1n) is 6.23. The molecule has 0 aromatic carbocycles. The van der Waals surface area contributed by atoms with Crippen LogP contribution in [0.4, 0.5) is 13.2 Å². The molecule has 2 N–H and O–H groups in total. The van der Waals surface area contributed by atoms with Crippen LogP contribution in [-0.2, 0) is 6.42 Å². The standard InChI is InChI=1S/C12H18F3N3OS/c1-8(2)5-18(7-12(13,14)15)11(19)9-6-20-10(17-9)3-4-16/h6,8H,3-5,7,16H2,1-2H3. The van der Waals surface area contributed by atoms with Crippen LogP contribution >= 0.6 is 11.3 Å². The minimum absolute atomic E-state index is 0.0437. The summed E-state index contributed by atoms with van der Waals surface area (Å²) in [5.74, 6) is -0.737. The van der Waals surface area contributed by atoms with Crippen molar-refractivity contribution in [2.45, 2.75) is 26.4 Å². The summed E-state index contributed by atoms with van der Waals surface area (Å²) in [6.45, 7) is 2.70. The number of carbonyl (C=O) groups excluding carboxylic acids is 1. The lowest BCUT2D eigenvalue weighted by molar-refractivity contribution is -0.141. The Labute approximate surface area is 119 Å². The van der Waals surface area contributed by atoms with E-state index in [1.165, 1.54) is 16.7 Å². The molecule has 0 spiro atoms. The lowest BCUT2D eigenvalue weighted by Gasteiger charge is -2.24. The lowest BCUT2D eigenvalue weighted by Crippen LogP contribution is -2.41. The van der Waals surface area contributed by atoms with Crippen LogP contribution in [0.1, 0.15) is 29.3 Å². The molecule has 114 valence electrons. The largest absolute Gasteiger partial charge is 0.406 e. The Balaban J connectivity index is 2.85. The highest BCUT2D eigenvalue weighted by Crippen LogP contribution is 2.20. The molecule has 8 heteroatoms. The van der Waals surface area contributed by atoms with Crippen molar-refractivity contribution in [3.63, 3.8) is 0 Å². The number of aromatic nitrogens is 1. The van der Waals surface area contributed by atoms with Crippen molar-refractivity contribution in [1.29, 1.82) is 0 Å². The van der Waals surface area contributed by atoms with Crippen molar-refractivity contribution in [2.75, 3.05) is 19.6 Å². The number of hydrogen-bond acceptors (Lipinski definition) is 4. The lowest BCUT2D eigenvalue weighted by atomic mass is 10.2. The van der Waals surface area contributed by atoms with E-state index in [0.29, 0.717) is 18.0 Å². The van der Waals surface area contributed by atoms with Crippen LogP contribution in [0.25, 0.3) is 0 Å². The first-order valence-corrected chi connectivity index (χ1v) is 7.11. The Hall–Kier alpha value is -1.15. The van der Waals surface area contributed by atoms with Gasteiger partial charge in [-0.25, -0.2) is 4.98 Å². The molecule has 1 rings (SSSR count). The highest BCUT2D eigenvalue weighted by atomic mass is 32.1. The average Bonchev–Trinajstić information content (AvgIpc) is 2.73. The van der Waals surface area contributed by atoms with E-state index < -0.39 is 18.6 Å². The van der Waals surface area contributed by atoms with Crippen LogP contribution in [0.5, 0.6) is 0 Å². The van der Waals surface area contributed by atoms with E-state index in [1.54, 1.807) is 13.8 Å². The molecule has 4 nitrogen and oxygen atoms in total. The Bertz CT molecular complexity index is 445. The van der Waals surface area contributed by atoms with E-state index in [1.807, 2.05) is 0 Å². The molecule has 0 radical (unpaired) electrons. The van der Waals surface area contributed by atoms with Gasteiger partial charge in [0.1, 0.15) is 12.2 Å². The zero-order chi connectivity index (χ0) is 15.3. The maximum atomic E-state index is 12.5. The van der Waals surface area contributed by atoms with Gasteiger partial charge in [-0.3, -0.25) is 4.79 Å². The molecular formula is C12H18F3N3OS. The summed E-state index contributed by atoms with van der Waals surface area (Å²) in [6.07, 6.45) is -3.90. The van der Waals surface area contributed by atoms with Gasteiger partial charge < -0.3 is 10.6 Å². The fraction of sp³-hybridized carbons (Fsp3) is 0.667. The summed E-state index contributed by atoms with van der Waals surface area (Å²) in [5, 5.41) is 2.14. The van der Waals surface area contributed by atoms with E-state index in [0.717, 1.165) is 4.90 Å². The summed E-state index contributed by atoms with van der Waals surface area (Å²) in [5.41, 5.74) is 5.44. The molecular weight excluding hydrogens is 291 g/mol. The third-order valence-electron chi connectivity index (χ3n) is 2.37. The van der Waals surface area contributed by atoms with E-state index in [9.17, 15) is 18.0 Å². The van der Waals surface area contributed by atoms with E-state index in [2.05, 4.69) is 4.98 Å². The Morgan fingerprint density at radius 1 is 1.50 bits per heavy atom. The zero-order valence-electron chi connectivity index (χ0n) is 11.4. The van der Waals surface area contributed by atoms with Gasteiger partial charge in [0.25, 0.3) is 5.91 Å². The van der Waals surface area contributed by atoms with Crippen molar-refractivity contribution in [3.8, 4) is 0 Å². The molecule has 0 saturated heterocycles. The number of amides is 1. The minimum atomic E-state index is -4.42. The predicted octanol–water partition coefficient (Wildman–Crippen LogP) is 2.30. The quantitative estimate of drug-likeness (QED) is 0.877. The summed E-state index contributed by atoms with van der Waals surface area (Å²) in [7, 11) is 0. The second-order valence-electron chi connectivity index (χ2n) is 4.86. The van der Waals surface area contributed by atoms with Gasteiger partial charge in [0.05, 0.1) is 5.01 Å². The Kier molecular flexibility index (Phi) is 5.94. The molecule has 1 amide bonds. The SMILES string of the molecule is CC(C)CN(CC(F)(F)F)C(=O)c1csc(CCN)n1. The highest BCUT2D eigenvalue weighted by Gasteiger charge is 2.34. The third-order valence-corrected chi connectivity index (χ3v) is 3.28. The maximum absolute atomic E-state index is 12.5. The van der Waals surface area contributed by atoms with Crippen molar-refractivity contribution >= 4 is 17.2 Å². The van der Waals surface area contributed by atoms with Gasteiger partial charge in [0, 0.05) is 18.3 Å². The second kappa shape index (κ2) is 7.03. The second-order valence-corrected chi connectivity index (χ2v) is 5.80. The predicted molar refractivity (Wildman–Crippen MR) is 71.7 cm³/mol. The molecule has 1 aromatic heterocycles. The van der Waals surface area contributed by atoms with Gasteiger partial charge in [0.2, 0.25) is 0 Å². The van der Waals surface area contributed by atoms with Crippen molar-refractivity contribution in [3.05, 3.63) is 16.1 Å². The van der Waals surface area contributed by atoms with Crippen molar-refractivity contribution < 1.29 is 18.0 Å². The van der Waals surface area contributed by atoms with E-state index in [4.69, 9.17) is 5.73 Å².